The molecule has 4 heterocycles. The molecule has 2 aromatic carbocycles. The van der Waals surface area contributed by atoms with Crippen LogP contribution in [0.15, 0.2) is 65.8 Å². The van der Waals surface area contributed by atoms with Gasteiger partial charge in [0, 0.05) is 37.9 Å². The van der Waals surface area contributed by atoms with Gasteiger partial charge in [0.25, 0.3) is 0 Å². The fourth-order valence-corrected chi connectivity index (χ4v) is 7.06. The van der Waals surface area contributed by atoms with Gasteiger partial charge in [0.1, 0.15) is 0 Å². The summed E-state index contributed by atoms with van der Waals surface area (Å²) in [7, 11) is -3.32. The van der Waals surface area contributed by atoms with Gasteiger partial charge < -0.3 is 9.47 Å². The second kappa shape index (κ2) is 6.55. The number of sulfone groups is 1. The lowest BCUT2D eigenvalue weighted by Crippen LogP contribution is -2.25. The van der Waals surface area contributed by atoms with Crippen molar-refractivity contribution < 1.29 is 17.9 Å². The molecule has 0 amide bonds. The number of nitrogens with zero attached hydrogens (tertiary/aromatic N) is 2. The summed E-state index contributed by atoms with van der Waals surface area (Å²) >= 11 is 0. The minimum atomic E-state index is -3.32. The smallest absolute Gasteiger partial charge is 0.231 e. The largest absolute Gasteiger partial charge is 0.454 e. The Morgan fingerprint density at radius 2 is 1.90 bits per heavy atom. The Kier molecular flexibility index (Phi) is 3.91. The third-order valence-corrected chi connectivity index (χ3v) is 8.55. The average Bonchev–Trinajstić information content (AvgIpc) is 3.45. The average molecular weight is 420 g/mol. The topological polar surface area (TPSA) is 68.7 Å². The van der Waals surface area contributed by atoms with E-state index >= 15 is 0 Å². The molecule has 152 valence electrons. The summed E-state index contributed by atoms with van der Waals surface area (Å²) in [5, 5.41) is -0.384. The molecule has 0 unspecified atom stereocenters. The fourth-order valence-electron chi connectivity index (χ4n) is 4.87. The quantitative estimate of drug-likeness (QED) is 0.648. The van der Waals surface area contributed by atoms with Crippen LogP contribution in [0.4, 0.5) is 0 Å². The van der Waals surface area contributed by atoms with E-state index in [1.807, 2.05) is 48.7 Å². The number of fused-ring (bicyclic) bond motifs is 4. The molecule has 0 aliphatic carbocycles. The number of hydrogen-bond acceptors (Lipinski definition) is 6. The van der Waals surface area contributed by atoms with Crippen LogP contribution in [0.3, 0.4) is 0 Å². The lowest BCUT2D eigenvalue weighted by atomic mass is 9.95. The Bertz CT molecular complexity index is 1240. The van der Waals surface area contributed by atoms with Gasteiger partial charge in [-0.1, -0.05) is 18.2 Å². The Morgan fingerprint density at radius 3 is 2.77 bits per heavy atom. The van der Waals surface area contributed by atoms with Gasteiger partial charge in [0.05, 0.1) is 10.1 Å². The highest BCUT2D eigenvalue weighted by molar-refractivity contribution is 7.92. The normalized spacial score (nSPS) is 23.3. The Labute approximate surface area is 175 Å². The summed E-state index contributed by atoms with van der Waals surface area (Å²) in [5.74, 6) is 1.51. The van der Waals surface area contributed by atoms with E-state index < -0.39 is 9.84 Å². The molecule has 3 aliphatic rings. The first kappa shape index (κ1) is 17.9. The van der Waals surface area contributed by atoms with Crippen molar-refractivity contribution in [3.63, 3.8) is 0 Å². The number of hydrogen-bond donors (Lipinski definition) is 0. The summed E-state index contributed by atoms with van der Waals surface area (Å²) in [6.07, 6.45) is 3.55. The van der Waals surface area contributed by atoms with Crippen LogP contribution >= 0.6 is 0 Å². The predicted molar refractivity (Wildman–Crippen MR) is 111 cm³/mol. The van der Waals surface area contributed by atoms with Crippen molar-refractivity contribution in [3.05, 3.63) is 72.1 Å². The standard InChI is InChI=1S/C23H20N2O4S/c26-30(27)22-6-4-16(17-2-1-7-24-10-17)9-18(22)19-12-25(13-23(19)30)11-15-3-5-20-21(8-15)29-14-28-20/h1-10,19,23H,11-14H2/t19-,23-/m1/s1. The van der Waals surface area contributed by atoms with Gasteiger partial charge in [-0.3, -0.25) is 9.88 Å². The highest BCUT2D eigenvalue weighted by Crippen LogP contribution is 2.46. The van der Waals surface area contributed by atoms with Crippen molar-refractivity contribution in [2.24, 2.45) is 0 Å². The van der Waals surface area contributed by atoms with Gasteiger partial charge >= 0.3 is 0 Å². The molecule has 0 bridgehead atoms. The van der Waals surface area contributed by atoms with Crippen LogP contribution in [0, 0.1) is 0 Å². The minimum absolute atomic E-state index is 0.00404. The van der Waals surface area contributed by atoms with E-state index in [2.05, 4.69) is 9.88 Å². The minimum Gasteiger partial charge on any atom is -0.454 e. The molecule has 3 aliphatic heterocycles. The maximum absolute atomic E-state index is 13.2. The molecular formula is C23H20N2O4S. The van der Waals surface area contributed by atoms with Crippen molar-refractivity contribution in [2.45, 2.75) is 22.6 Å². The summed E-state index contributed by atoms with van der Waals surface area (Å²) in [5.41, 5.74) is 4.04. The maximum atomic E-state index is 13.2. The third-order valence-electron chi connectivity index (χ3n) is 6.29. The van der Waals surface area contributed by atoms with Crippen LogP contribution in [0.25, 0.3) is 11.1 Å². The van der Waals surface area contributed by atoms with Crippen LogP contribution < -0.4 is 9.47 Å². The first-order valence-electron chi connectivity index (χ1n) is 9.99. The number of aromatic nitrogens is 1. The van der Waals surface area contributed by atoms with Crippen molar-refractivity contribution in [2.75, 3.05) is 19.9 Å². The summed E-state index contributed by atoms with van der Waals surface area (Å²) in [6.45, 7) is 2.21. The molecule has 30 heavy (non-hydrogen) atoms. The first-order valence-corrected chi connectivity index (χ1v) is 11.5. The van der Waals surface area contributed by atoms with Gasteiger partial charge in [-0.05, 0) is 52.6 Å². The number of rotatable bonds is 3. The van der Waals surface area contributed by atoms with Gasteiger partial charge in [0.15, 0.2) is 21.3 Å². The van der Waals surface area contributed by atoms with E-state index in [-0.39, 0.29) is 18.0 Å². The Balaban J connectivity index is 1.30. The second-order valence-corrected chi connectivity index (χ2v) is 10.2. The molecule has 6 nitrogen and oxygen atoms in total. The van der Waals surface area contributed by atoms with Crippen LogP contribution in [0.2, 0.25) is 0 Å². The SMILES string of the molecule is O=S1(=O)c2ccc(-c3cccnc3)cc2[C@H]2CN(Cc3ccc4c(c3)OCO4)C[C@H]21. The third kappa shape index (κ3) is 2.73. The highest BCUT2D eigenvalue weighted by Gasteiger charge is 2.50. The van der Waals surface area contributed by atoms with Crippen LogP contribution in [0.1, 0.15) is 17.0 Å². The van der Waals surface area contributed by atoms with Gasteiger partial charge in [-0.15, -0.1) is 0 Å². The summed E-state index contributed by atoms with van der Waals surface area (Å²) < 4.78 is 37.2. The van der Waals surface area contributed by atoms with Crippen LogP contribution in [-0.2, 0) is 16.4 Å². The zero-order valence-corrected chi connectivity index (χ0v) is 17.0. The number of ether oxygens (including phenoxy) is 2. The zero-order valence-electron chi connectivity index (χ0n) is 16.2. The van der Waals surface area contributed by atoms with E-state index in [4.69, 9.17) is 9.47 Å². The Hall–Kier alpha value is -2.90. The first-order chi connectivity index (χ1) is 14.6. The van der Waals surface area contributed by atoms with Crippen molar-refractivity contribution in [1.82, 2.24) is 9.88 Å². The lowest BCUT2D eigenvalue weighted by Gasteiger charge is -2.18. The maximum Gasteiger partial charge on any atom is 0.231 e. The number of likely N-dealkylation sites (tertiary alicyclic amines) is 1. The molecule has 0 spiro atoms. The highest BCUT2D eigenvalue weighted by atomic mass is 32.2. The molecule has 3 aromatic rings. The van der Waals surface area contributed by atoms with E-state index in [0.29, 0.717) is 18.0 Å². The molecule has 1 fully saturated rings. The number of benzene rings is 2. The molecule has 1 saturated heterocycles. The van der Waals surface area contributed by atoms with Gasteiger partial charge in [-0.25, -0.2) is 8.42 Å². The van der Waals surface area contributed by atoms with E-state index in [1.54, 1.807) is 12.3 Å². The second-order valence-electron chi connectivity index (χ2n) is 8.07. The molecule has 7 heteroatoms. The molecular weight excluding hydrogens is 400 g/mol. The van der Waals surface area contributed by atoms with Gasteiger partial charge in [0.2, 0.25) is 6.79 Å². The zero-order chi connectivity index (χ0) is 20.3. The van der Waals surface area contributed by atoms with Crippen LogP contribution in [-0.4, -0.2) is 43.4 Å². The summed E-state index contributed by atoms with van der Waals surface area (Å²) in [6, 6.07) is 15.5. The van der Waals surface area contributed by atoms with Crippen molar-refractivity contribution in [3.8, 4) is 22.6 Å². The number of pyridine rings is 1. The van der Waals surface area contributed by atoms with Gasteiger partial charge in [-0.2, -0.15) is 0 Å². The molecule has 1 aromatic heterocycles. The monoisotopic (exact) mass is 420 g/mol. The van der Waals surface area contributed by atoms with Crippen molar-refractivity contribution in [1.29, 1.82) is 0 Å². The molecule has 6 rings (SSSR count). The summed E-state index contributed by atoms with van der Waals surface area (Å²) in [4.78, 5) is 6.91. The Morgan fingerprint density at radius 1 is 1.00 bits per heavy atom. The molecule has 2 atom stereocenters. The van der Waals surface area contributed by atoms with E-state index in [1.165, 1.54) is 0 Å². The lowest BCUT2D eigenvalue weighted by molar-refractivity contribution is 0.174. The molecule has 0 N–H and O–H groups in total. The molecule has 0 saturated carbocycles. The predicted octanol–water partition coefficient (Wildman–Crippen LogP) is 3.23. The van der Waals surface area contributed by atoms with Crippen molar-refractivity contribution >= 4 is 9.84 Å². The van der Waals surface area contributed by atoms with E-state index in [0.717, 1.165) is 40.3 Å². The van der Waals surface area contributed by atoms with E-state index in [9.17, 15) is 8.42 Å². The van der Waals surface area contributed by atoms with Crippen LogP contribution in [0.5, 0.6) is 11.5 Å². The molecule has 0 radical (unpaired) electrons. The fraction of sp³-hybridized carbons (Fsp3) is 0.261.